The molecular weight excluding hydrogens is 329 g/mol. The molecule has 1 heterocycles. The van der Waals surface area contributed by atoms with Gasteiger partial charge in [-0.25, -0.2) is 0 Å². The summed E-state index contributed by atoms with van der Waals surface area (Å²) >= 11 is 13.1. The number of thiazole rings is 1. The van der Waals surface area contributed by atoms with Crippen LogP contribution in [0.5, 0.6) is 0 Å². The molecule has 0 saturated heterocycles. The van der Waals surface area contributed by atoms with E-state index in [-0.39, 0.29) is 11.1 Å². The highest BCUT2D eigenvalue weighted by Crippen LogP contribution is 2.25. The van der Waals surface area contributed by atoms with Gasteiger partial charge < -0.3 is 4.57 Å². The van der Waals surface area contributed by atoms with Crippen molar-refractivity contribution in [1.82, 2.24) is 4.57 Å². The van der Waals surface area contributed by atoms with Crippen molar-refractivity contribution >= 4 is 46.2 Å². The Morgan fingerprint density at radius 3 is 2.62 bits per heavy atom. The van der Waals surface area contributed by atoms with Crippen molar-refractivity contribution in [3.8, 4) is 12.1 Å². The van der Waals surface area contributed by atoms with Gasteiger partial charge in [-0.05, 0) is 17.7 Å². The molecule has 0 N–H and O–H groups in total. The molecule has 0 aliphatic rings. The molecule has 1 aromatic heterocycles. The van der Waals surface area contributed by atoms with E-state index in [1.807, 2.05) is 0 Å². The molecule has 2 rings (SSSR count). The fraction of sp³-hybridized carbons (Fsp3) is 0.0714. The summed E-state index contributed by atoms with van der Waals surface area (Å²) in [5, 5.41) is 18.6. The molecule has 0 aliphatic carbocycles. The number of hydrogen-bond donors (Lipinski definition) is 0. The molecule has 7 heteroatoms. The number of nitriles is 2. The van der Waals surface area contributed by atoms with Crippen LogP contribution >= 0.6 is 34.5 Å². The summed E-state index contributed by atoms with van der Waals surface area (Å²) in [6.45, 7) is 0. The zero-order valence-corrected chi connectivity index (χ0v) is 13.1. The highest BCUT2D eigenvalue weighted by atomic mass is 35.5. The van der Waals surface area contributed by atoms with E-state index in [0.29, 0.717) is 24.8 Å². The summed E-state index contributed by atoms with van der Waals surface area (Å²) in [6, 6.07) is 8.66. The number of halogens is 2. The fourth-order valence-electron chi connectivity index (χ4n) is 1.68. The van der Waals surface area contributed by atoms with Crippen molar-refractivity contribution in [3.05, 3.63) is 53.4 Å². The normalized spacial score (nSPS) is 11.0. The van der Waals surface area contributed by atoms with Gasteiger partial charge >= 0.3 is 0 Å². The topological polar surface area (TPSA) is 69.6 Å². The quantitative estimate of drug-likeness (QED) is 0.797. The van der Waals surface area contributed by atoms with Crippen LogP contribution in [0.1, 0.15) is 5.56 Å². The van der Waals surface area contributed by atoms with Crippen LogP contribution in [0, 0.1) is 22.7 Å². The summed E-state index contributed by atoms with van der Waals surface area (Å²) in [5.41, 5.74) is 0.204. The first kappa shape index (κ1) is 15.3. The summed E-state index contributed by atoms with van der Waals surface area (Å²) in [6.07, 6.45) is 1.59. The smallest absolute Gasteiger partial charge is 0.268 e. The predicted molar refractivity (Wildman–Crippen MR) is 83.5 cm³/mol. The Hall–Kier alpha value is -2.05. The first-order chi connectivity index (χ1) is 9.99. The third-order valence-corrected chi connectivity index (χ3v) is 4.75. The Morgan fingerprint density at radius 2 is 2.00 bits per heavy atom. The summed E-state index contributed by atoms with van der Waals surface area (Å²) in [5.74, 6) is 0. The van der Waals surface area contributed by atoms with Crippen molar-refractivity contribution in [1.29, 1.82) is 10.5 Å². The summed E-state index contributed by atoms with van der Waals surface area (Å²) < 4.78 is 1.96. The van der Waals surface area contributed by atoms with Gasteiger partial charge in [0.2, 0.25) is 0 Å². The van der Waals surface area contributed by atoms with Crippen LogP contribution in [0.2, 0.25) is 10.0 Å². The van der Waals surface area contributed by atoms with E-state index >= 15 is 0 Å². The van der Waals surface area contributed by atoms with Crippen LogP contribution in [-0.4, -0.2) is 4.57 Å². The molecule has 4 nitrogen and oxygen atoms in total. The number of rotatable bonds is 1. The van der Waals surface area contributed by atoms with Crippen molar-refractivity contribution in [3.63, 3.8) is 0 Å². The number of hydrogen-bond acceptors (Lipinski definition) is 4. The first-order valence-corrected chi connectivity index (χ1v) is 7.23. The van der Waals surface area contributed by atoms with Crippen LogP contribution in [0.4, 0.5) is 0 Å². The molecule has 0 atom stereocenters. The predicted octanol–water partition coefficient (Wildman–Crippen LogP) is 1.78. The monoisotopic (exact) mass is 335 g/mol. The molecule has 0 spiro atoms. The van der Waals surface area contributed by atoms with Crippen molar-refractivity contribution in [2.24, 2.45) is 7.05 Å². The molecule has 0 fully saturated rings. The molecule has 104 valence electrons. The van der Waals surface area contributed by atoms with Crippen LogP contribution < -0.4 is 14.8 Å². The lowest BCUT2D eigenvalue weighted by Crippen LogP contribution is -2.29. The maximum absolute atomic E-state index is 12.2. The Kier molecular flexibility index (Phi) is 4.50. The molecule has 0 bridgehead atoms. The molecule has 0 saturated carbocycles. The molecule has 1 aromatic carbocycles. The van der Waals surface area contributed by atoms with E-state index in [1.54, 1.807) is 36.4 Å². The third kappa shape index (κ3) is 2.86. The highest BCUT2D eigenvalue weighted by Gasteiger charge is 2.07. The van der Waals surface area contributed by atoms with Crippen molar-refractivity contribution in [2.75, 3.05) is 0 Å². The van der Waals surface area contributed by atoms with Gasteiger partial charge in [-0.3, -0.25) is 4.79 Å². The van der Waals surface area contributed by atoms with Crippen molar-refractivity contribution < 1.29 is 0 Å². The van der Waals surface area contributed by atoms with Gasteiger partial charge in [-0.2, -0.15) is 10.5 Å². The summed E-state index contributed by atoms with van der Waals surface area (Å²) in [4.78, 5) is 12.2. The van der Waals surface area contributed by atoms with E-state index in [1.165, 1.54) is 11.6 Å². The van der Waals surface area contributed by atoms with Gasteiger partial charge in [0.15, 0.2) is 5.57 Å². The van der Waals surface area contributed by atoms with E-state index in [9.17, 15) is 4.79 Å². The molecular formula is C14H7Cl2N3OS. The lowest BCUT2D eigenvalue weighted by atomic mass is 10.2. The SMILES string of the molecule is Cn1c(=C(C#N)C#N)s/c(=C/c2cccc(Cl)c2Cl)c1=O. The Labute approximate surface area is 134 Å². The Bertz CT molecular complexity index is 958. The van der Waals surface area contributed by atoms with Crippen molar-refractivity contribution in [2.45, 2.75) is 0 Å². The minimum Gasteiger partial charge on any atom is -0.300 e. The minimum atomic E-state index is -0.297. The van der Waals surface area contributed by atoms with E-state index in [4.69, 9.17) is 33.7 Å². The zero-order valence-electron chi connectivity index (χ0n) is 10.7. The Morgan fingerprint density at radius 1 is 1.33 bits per heavy atom. The zero-order chi connectivity index (χ0) is 15.6. The van der Waals surface area contributed by atoms with E-state index in [0.717, 1.165) is 11.3 Å². The van der Waals surface area contributed by atoms with Crippen LogP contribution in [0.3, 0.4) is 0 Å². The first-order valence-electron chi connectivity index (χ1n) is 5.65. The summed E-state index contributed by atoms with van der Waals surface area (Å²) in [7, 11) is 1.51. The molecule has 0 amide bonds. The molecule has 0 aliphatic heterocycles. The van der Waals surface area contributed by atoms with Gasteiger partial charge in [0.05, 0.1) is 14.6 Å². The van der Waals surface area contributed by atoms with Gasteiger partial charge in [-0.1, -0.05) is 35.3 Å². The number of aromatic nitrogens is 1. The molecule has 0 radical (unpaired) electrons. The third-order valence-electron chi connectivity index (χ3n) is 2.73. The Balaban J connectivity index is 2.83. The van der Waals surface area contributed by atoms with E-state index in [2.05, 4.69) is 0 Å². The van der Waals surface area contributed by atoms with Crippen LogP contribution in [0.25, 0.3) is 11.6 Å². The van der Waals surface area contributed by atoms with Gasteiger partial charge in [0.25, 0.3) is 5.56 Å². The second-order valence-electron chi connectivity index (χ2n) is 4.02. The maximum Gasteiger partial charge on any atom is 0.268 e. The minimum absolute atomic E-state index is 0.101. The van der Waals surface area contributed by atoms with E-state index < -0.39 is 0 Å². The molecule has 0 unspecified atom stereocenters. The van der Waals surface area contributed by atoms with Crippen LogP contribution in [0.15, 0.2) is 23.0 Å². The number of nitrogens with zero attached hydrogens (tertiary/aromatic N) is 3. The standard InChI is InChI=1S/C14H7Cl2N3OS/c1-19-13(20)11(21-14(19)9(6-17)7-18)5-8-3-2-4-10(15)12(8)16/h2-5H,1H3/b11-5+. The second kappa shape index (κ2) is 6.15. The largest absolute Gasteiger partial charge is 0.300 e. The maximum atomic E-state index is 12.2. The lowest BCUT2D eigenvalue weighted by Gasteiger charge is -1.98. The second-order valence-corrected chi connectivity index (χ2v) is 5.84. The average molecular weight is 336 g/mol. The van der Waals surface area contributed by atoms with Gasteiger partial charge in [0, 0.05) is 7.05 Å². The van der Waals surface area contributed by atoms with Crippen LogP contribution in [-0.2, 0) is 7.05 Å². The molecule has 2 aromatic rings. The number of benzene rings is 1. The lowest BCUT2D eigenvalue weighted by molar-refractivity contribution is 0.855. The average Bonchev–Trinajstić information content (AvgIpc) is 2.74. The highest BCUT2D eigenvalue weighted by molar-refractivity contribution is 7.07. The van der Waals surface area contributed by atoms with Gasteiger partial charge in [0.1, 0.15) is 16.8 Å². The fourth-order valence-corrected chi connectivity index (χ4v) is 3.07. The molecule has 21 heavy (non-hydrogen) atoms. The van der Waals surface area contributed by atoms with Gasteiger partial charge in [-0.15, -0.1) is 11.3 Å².